The van der Waals surface area contributed by atoms with Gasteiger partial charge in [-0.3, -0.25) is 0 Å². The number of hydrogen-bond donors (Lipinski definition) is 3. The Kier molecular flexibility index (Phi) is 8.65. The van der Waals surface area contributed by atoms with Crippen LogP contribution in [0.25, 0.3) is 0 Å². The largest absolute Gasteiger partial charge is 0.396 e. The van der Waals surface area contributed by atoms with Crippen molar-refractivity contribution in [1.29, 1.82) is 0 Å². The maximum Gasteiger partial charge on any atom is 0.0606 e. The van der Waals surface area contributed by atoms with Crippen LogP contribution < -0.4 is 4.90 Å². The first-order valence-corrected chi connectivity index (χ1v) is 11.0. The van der Waals surface area contributed by atoms with Crippen LogP contribution in [0.5, 0.6) is 0 Å². The minimum Gasteiger partial charge on any atom is -0.396 e. The lowest BCUT2D eigenvalue weighted by Gasteiger charge is -2.24. The minimum atomic E-state index is 0.0520. The second-order valence-corrected chi connectivity index (χ2v) is 7.94. The van der Waals surface area contributed by atoms with Gasteiger partial charge in [0.05, 0.1) is 13.2 Å². The molecule has 0 fully saturated rings. The maximum atomic E-state index is 9.33. The molecule has 1 atom stereocenters. The van der Waals surface area contributed by atoms with Crippen LogP contribution in [-0.2, 0) is 6.42 Å². The van der Waals surface area contributed by atoms with Crippen LogP contribution >= 0.6 is 0 Å². The molecule has 4 nitrogen and oxygen atoms in total. The fourth-order valence-electron chi connectivity index (χ4n) is 3.99. The number of nitrogens with zero attached hydrogens (tertiary/aromatic N) is 1. The Labute approximate surface area is 185 Å². The number of benzene rings is 3. The van der Waals surface area contributed by atoms with Crippen molar-refractivity contribution in [3.05, 3.63) is 101 Å². The number of rotatable bonds is 11. The second-order valence-electron chi connectivity index (χ2n) is 7.94. The summed E-state index contributed by atoms with van der Waals surface area (Å²) in [5, 5.41) is 27.7. The molecule has 0 aliphatic carbocycles. The van der Waals surface area contributed by atoms with E-state index < -0.39 is 0 Å². The first-order valence-electron chi connectivity index (χ1n) is 11.0. The van der Waals surface area contributed by atoms with Gasteiger partial charge >= 0.3 is 0 Å². The highest BCUT2D eigenvalue weighted by Crippen LogP contribution is 2.33. The third kappa shape index (κ3) is 6.17. The van der Waals surface area contributed by atoms with Crippen molar-refractivity contribution in [1.82, 2.24) is 0 Å². The predicted molar refractivity (Wildman–Crippen MR) is 127 cm³/mol. The molecule has 0 aliphatic rings. The van der Waals surface area contributed by atoms with Gasteiger partial charge in [0.15, 0.2) is 0 Å². The van der Waals surface area contributed by atoms with Gasteiger partial charge in [0.1, 0.15) is 0 Å². The van der Waals surface area contributed by atoms with Gasteiger partial charge in [0.2, 0.25) is 0 Å². The van der Waals surface area contributed by atoms with E-state index in [2.05, 4.69) is 79.7 Å². The highest BCUT2D eigenvalue weighted by Gasteiger charge is 2.17. The van der Waals surface area contributed by atoms with Crippen molar-refractivity contribution in [2.75, 3.05) is 37.8 Å². The van der Waals surface area contributed by atoms with Gasteiger partial charge < -0.3 is 20.2 Å². The van der Waals surface area contributed by atoms with Crippen LogP contribution in [0, 0.1) is 6.92 Å². The van der Waals surface area contributed by atoms with Crippen molar-refractivity contribution >= 4 is 5.69 Å². The number of hydrogen-bond acceptors (Lipinski definition) is 4. The predicted octanol–water partition coefficient (Wildman–Crippen LogP) is 3.89. The summed E-state index contributed by atoms with van der Waals surface area (Å²) in [6.07, 6.45) is 1.66. The fourth-order valence-corrected chi connectivity index (χ4v) is 3.99. The second kappa shape index (κ2) is 11.7. The topological polar surface area (TPSA) is 63.9 Å². The Hall–Kier alpha value is -2.66. The Morgan fingerprint density at radius 2 is 1.13 bits per heavy atom. The molecule has 0 saturated heterocycles. The molecule has 0 radical (unpaired) electrons. The molecule has 3 N–H and O–H groups in total. The number of aliphatic hydroxyl groups excluding tert-OH is 3. The minimum absolute atomic E-state index is 0.0520. The average molecular weight is 420 g/mol. The van der Waals surface area contributed by atoms with E-state index in [4.69, 9.17) is 5.11 Å². The zero-order valence-electron chi connectivity index (χ0n) is 18.2. The lowest BCUT2D eigenvalue weighted by molar-refractivity contribution is 0.281. The Morgan fingerprint density at radius 1 is 0.645 bits per heavy atom. The SMILES string of the molecule is Cc1ccc(C(c2ccc(CCCO)cc2)c2ccc(N(CCO)CCO)cc2)cc1. The molecule has 3 rings (SSSR count). The molecule has 4 heteroatoms. The van der Waals surface area contributed by atoms with Crippen LogP contribution in [0.4, 0.5) is 5.69 Å². The van der Waals surface area contributed by atoms with Crippen LogP contribution in [0.1, 0.15) is 40.2 Å². The standard InChI is InChI=1S/C27H33NO3/c1-21-4-8-23(9-5-21)27(24-10-6-22(7-11-24)3-2-18-29)25-12-14-26(15-13-25)28(16-19-30)17-20-31/h4-15,27,29-31H,2-3,16-20H2,1H3. The van der Waals surface area contributed by atoms with E-state index in [1.54, 1.807) is 0 Å². The van der Waals surface area contributed by atoms with Crippen molar-refractivity contribution in [2.24, 2.45) is 0 Å². The molecule has 0 bridgehead atoms. The van der Waals surface area contributed by atoms with E-state index in [9.17, 15) is 10.2 Å². The van der Waals surface area contributed by atoms with Gasteiger partial charge in [-0.25, -0.2) is 0 Å². The lowest BCUT2D eigenvalue weighted by atomic mass is 9.84. The molecular weight excluding hydrogens is 386 g/mol. The lowest BCUT2D eigenvalue weighted by Crippen LogP contribution is -2.29. The van der Waals surface area contributed by atoms with E-state index in [0.717, 1.165) is 18.5 Å². The third-order valence-electron chi connectivity index (χ3n) is 5.68. The summed E-state index contributed by atoms with van der Waals surface area (Å²) in [6.45, 7) is 3.41. The van der Waals surface area contributed by atoms with Gasteiger partial charge in [-0.15, -0.1) is 0 Å². The summed E-state index contributed by atoms with van der Waals surface area (Å²) >= 11 is 0. The molecule has 0 heterocycles. The number of aliphatic hydroxyl groups is 3. The van der Waals surface area contributed by atoms with E-state index >= 15 is 0 Å². The summed E-state index contributed by atoms with van der Waals surface area (Å²) in [7, 11) is 0. The smallest absolute Gasteiger partial charge is 0.0606 e. The zero-order valence-corrected chi connectivity index (χ0v) is 18.2. The van der Waals surface area contributed by atoms with Crippen LogP contribution in [0.15, 0.2) is 72.8 Å². The molecular formula is C27H33NO3. The van der Waals surface area contributed by atoms with E-state index in [1.807, 2.05) is 4.90 Å². The van der Waals surface area contributed by atoms with Gasteiger partial charge in [-0.1, -0.05) is 66.2 Å². The molecule has 0 aromatic heterocycles. The third-order valence-corrected chi connectivity index (χ3v) is 5.68. The average Bonchev–Trinajstić information content (AvgIpc) is 2.80. The number of anilines is 1. The summed E-state index contributed by atoms with van der Waals surface area (Å²) in [5.41, 5.74) is 7.13. The molecule has 31 heavy (non-hydrogen) atoms. The summed E-state index contributed by atoms with van der Waals surface area (Å²) in [6, 6.07) is 25.8. The molecule has 3 aromatic rings. The molecule has 0 aliphatic heterocycles. The van der Waals surface area contributed by atoms with E-state index in [-0.39, 0.29) is 25.7 Å². The highest BCUT2D eigenvalue weighted by atomic mass is 16.3. The Morgan fingerprint density at radius 3 is 1.61 bits per heavy atom. The molecule has 3 aromatic carbocycles. The monoisotopic (exact) mass is 419 g/mol. The van der Waals surface area contributed by atoms with Gasteiger partial charge in [-0.05, 0) is 54.2 Å². The summed E-state index contributed by atoms with van der Waals surface area (Å²) < 4.78 is 0. The molecule has 164 valence electrons. The van der Waals surface area contributed by atoms with Gasteiger partial charge in [0.25, 0.3) is 0 Å². The van der Waals surface area contributed by atoms with Crippen molar-refractivity contribution in [2.45, 2.75) is 25.7 Å². The normalized spacial score (nSPS) is 12.0. The molecule has 0 spiro atoms. The Balaban J connectivity index is 1.94. The van der Waals surface area contributed by atoms with Crippen LogP contribution in [0.2, 0.25) is 0 Å². The number of aryl methyl sites for hydroxylation is 2. The zero-order chi connectivity index (χ0) is 22.1. The fraction of sp³-hybridized carbons (Fsp3) is 0.333. The van der Waals surface area contributed by atoms with Gasteiger partial charge in [-0.2, -0.15) is 0 Å². The molecule has 0 amide bonds. The summed E-state index contributed by atoms with van der Waals surface area (Å²) in [5.74, 6) is 0.116. The van der Waals surface area contributed by atoms with Crippen LogP contribution in [-0.4, -0.2) is 48.2 Å². The van der Waals surface area contributed by atoms with Gasteiger partial charge in [0, 0.05) is 31.3 Å². The van der Waals surface area contributed by atoms with Crippen molar-refractivity contribution in [3.8, 4) is 0 Å². The van der Waals surface area contributed by atoms with Crippen LogP contribution in [0.3, 0.4) is 0 Å². The van der Waals surface area contributed by atoms with Crippen molar-refractivity contribution in [3.63, 3.8) is 0 Å². The summed E-state index contributed by atoms with van der Waals surface area (Å²) in [4.78, 5) is 1.99. The molecule has 0 saturated carbocycles. The van der Waals surface area contributed by atoms with E-state index in [0.29, 0.717) is 13.1 Å². The van der Waals surface area contributed by atoms with E-state index in [1.165, 1.54) is 27.8 Å². The van der Waals surface area contributed by atoms with Crippen molar-refractivity contribution < 1.29 is 15.3 Å². The first kappa shape index (κ1) is 23.0. The quantitative estimate of drug-likeness (QED) is 0.413. The Bertz CT molecular complexity index is 899. The first-order chi connectivity index (χ1) is 15.2. The maximum absolute atomic E-state index is 9.33. The molecule has 1 unspecified atom stereocenters. The highest BCUT2D eigenvalue weighted by molar-refractivity contribution is 5.52.